The zero-order valence-corrected chi connectivity index (χ0v) is 19.0. The van der Waals surface area contributed by atoms with Crippen LogP contribution in [0.3, 0.4) is 0 Å². The standard InChI is InChI=1S/C25H30ClN3O3/c26-22-5-2-7-24(17-22)32-19-25(30)8-12-28(13-9-25)18-21-4-1-6-23(16-21)31-15-3-11-29-14-10-27-20-29/h1-2,4-7,10,14,16-17,20,30H,3,8-9,11-13,15,18-19H2. The summed E-state index contributed by atoms with van der Waals surface area (Å²) in [6, 6.07) is 15.6. The Bertz CT molecular complexity index is 972. The SMILES string of the molecule is OC1(COc2cccc(Cl)c2)CCN(Cc2cccc(OCCCn3ccnc3)c2)CC1. The molecule has 0 saturated carbocycles. The monoisotopic (exact) mass is 455 g/mol. The van der Waals surface area contributed by atoms with E-state index in [0.29, 0.717) is 30.2 Å². The number of aliphatic hydroxyl groups is 1. The molecule has 32 heavy (non-hydrogen) atoms. The number of imidazole rings is 1. The predicted octanol–water partition coefficient (Wildman–Crippen LogP) is 4.41. The number of aromatic nitrogens is 2. The molecule has 0 radical (unpaired) electrons. The molecule has 2 aromatic carbocycles. The molecule has 0 spiro atoms. The van der Waals surface area contributed by atoms with Gasteiger partial charge in [0.15, 0.2) is 0 Å². The van der Waals surface area contributed by atoms with Gasteiger partial charge in [-0.3, -0.25) is 4.90 Å². The zero-order chi connectivity index (χ0) is 22.2. The van der Waals surface area contributed by atoms with Crippen LogP contribution in [0.5, 0.6) is 11.5 Å². The number of piperidine rings is 1. The van der Waals surface area contributed by atoms with E-state index >= 15 is 0 Å². The third-order valence-corrected chi connectivity index (χ3v) is 6.02. The summed E-state index contributed by atoms with van der Waals surface area (Å²) in [5.41, 5.74) is 0.414. The summed E-state index contributed by atoms with van der Waals surface area (Å²) in [4.78, 5) is 6.42. The maximum absolute atomic E-state index is 10.9. The Morgan fingerprint density at radius 1 is 1.03 bits per heavy atom. The molecule has 1 N–H and O–H groups in total. The van der Waals surface area contributed by atoms with Gasteiger partial charge in [-0.1, -0.05) is 29.8 Å². The molecule has 0 aliphatic carbocycles. The van der Waals surface area contributed by atoms with Crippen molar-refractivity contribution in [3.05, 3.63) is 77.8 Å². The van der Waals surface area contributed by atoms with Crippen LogP contribution in [0.4, 0.5) is 0 Å². The summed E-state index contributed by atoms with van der Waals surface area (Å²) < 4.78 is 13.8. The second kappa shape index (κ2) is 10.9. The molecule has 2 heterocycles. The van der Waals surface area contributed by atoms with Gasteiger partial charge < -0.3 is 19.1 Å². The van der Waals surface area contributed by atoms with Crippen LogP contribution in [0.25, 0.3) is 0 Å². The molecule has 6 nitrogen and oxygen atoms in total. The van der Waals surface area contributed by atoms with Crippen molar-refractivity contribution in [2.24, 2.45) is 0 Å². The summed E-state index contributed by atoms with van der Waals surface area (Å²) in [7, 11) is 0. The highest BCUT2D eigenvalue weighted by molar-refractivity contribution is 6.30. The number of aryl methyl sites for hydroxylation is 1. The highest BCUT2D eigenvalue weighted by Gasteiger charge is 2.33. The first-order chi connectivity index (χ1) is 15.6. The van der Waals surface area contributed by atoms with E-state index in [1.54, 1.807) is 12.3 Å². The van der Waals surface area contributed by atoms with Gasteiger partial charge in [0.05, 0.1) is 12.9 Å². The molecule has 0 unspecified atom stereocenters. The Morgan fingerprint density at radius 3 is 2.56 bits per heavy atom. The van der Waals surface area contributed by atoms with Gasteiger partial charge in [-0.05, 0) is 55.2 Å². The van der Waals surface area contributed by atoms with E-state index in [0.717, 1.165) is 38.3 Å². The topological polar surface area (TPSA) is 59.8 Å². The first-order valence-corrected chi connectivity index (χ1v) is 11.5. The van der Waals surface area contributed by atoms with Crippen molar-refractivity contribution in [3.63, 3.8) is 0 Å². The molecular formula is C25H30ClN3O3. The molecule has 0 atom stereocenters. The first-order valence-electron chi connectivity index (χ1n) is 11.1. The lowest BCUT2D eigenvalue weighted by Crippen LogP contribution is -2.47. The highest BCUT2D eigenvalue weighted by atomic mass is 35.5. The predicted molar refractivity (Wildman–Crippen MR) is 125 cm³/mol. The van der Waals surface area contributed by atoms with E-state index in [9.17, 15) is 5.11 Å². The molecular weight excluding hydrogens is 426 g/mol. The zero-order valence-electron chi connectivity index (χ0n) is 18.2. The third kappa shape index (κ3) is 6.73. The van der Waals surface area contributed by atoms with Crippen molar-refractivity contribution < 1.29 is 14.6 Å². The van der Waals surface area contributed by atoms with Gasteiger partial charge >= 0.3 is 0 Å². The van der Waals surface area contributed by atoms with E-state index < -0.39 is 5.60 Å². The summed E-state index contributed by atoms with van der Waals surface area (Å²) in [5, 5.41) is 11.5. The minimum atomic E-state index is -0.807. The van der Waals surface area contributed by atoms with Crippen LogP contribution in [0, 0.1) is 0 Å². The molecule has 1 fully saturated rings. The molecule has 1 aliphatic rings. The molecule has 1 aliphatic heterocycles. The maximum atomic E-state index is 10.9. The van der Waals surface area contributed by atoms with Crippen LogP contribution >= 0.6 is 11.6 Å². The van der Waals surface area contributed by atoms with Gasteiger partial charge in [-0.25, -0.2) is 4.98 Å². The largest absolute Gasteiger partial charge is 0.494 e. The lowest BCUT2D eigenvalue weighted by atomic mass is 9.92. The number of benzene rings is 2. The number of rotatable bonds is 10. The average molecular weight is 456 g/mol. The van der Waals surface area contributed by atoms with E-state index in [2.05, 4.69) is 26.6 Å². The van der Waals surface area contributed by atoms with Crippen molar-refractivity contribution in [1.82, 2.24) is 14.5 Å². The van der Waals surface area contributed by atoms with E-state index in [-0.39, 0.29) is 6.61 Å². The molecule has 0 amide bonds. The van der Waals surface area contributed by atoms with Crippen molar-refractivity contribution >= 4 is 11.6 Å². The summed E-state index contributed by atoms with van der Waals surface area (Å²) in [6.07, 6.45) is 7.87. The number of hydrogen-bond donors (Lipinski definition) is 1. The summed E-state index contributed by atoms with van der Waals surface area (Å²) in [5.74, 6) is 1.59. The lowest BCUT2D eigenvalue weighted by molar-refractivity contribution is -0.0537. The van der Waals surface area contributed by atoms with Crippen LogP contribution in [0.15, 0.2) is 67.3 Å². The molecule has 170 valence electrons. The quantitative estimate of drug-likeness (QED) is 0.459. The number of halogens is 1. The van der Waals surface area contributed by atoms with Gasteiger partial charge in [0, 0.05) is 43.6 Å². The Hall–Kier alpha value is -2.54. The van der Waals surface area contributed by atoms with Crippen molar-refractivity contribution in [2.75, 3.05) is 26.3 Å². The second-order valence-corrected chi connectivity index (χ2v) is 8.83. The Kier molecular flexibility index (Phi) is 7.68. The minimum Gasteiger partial charge on any atom is -0.494 e. The normalized spacial score (nSPS) is 16.1. The fourth-order valence-electron chi connectivity index (χ4n) is 3.89. The fraction of sp³-hybridized carbons (Fsp3) is 0.400. The molecule has 1 saturated heterocycles. The maximum Gasteiger partial charge on any atom is 0.120 e. The number of hydrogen-bond acceptors (Lipinski definition) is 5. The van der Waals surface area contributed by atoms with Crippen molar-refractivity contribution in [2.45, 2.75) is 38.0 Å². The smallest absolute Gasteiger partial charge is 0.120 e. The number of likely N-dealkylation sites (tertiary alicyclic amines) is 1. The minimum absolute atomic E-state index is 0.281. The molecule has 1 aromatic heterocycles. The summed E-state index contributed by atoms with van der Waals surface area (Å²) in [6.45, 7) is 4.35. The third-order valence-electron chi connectivity index (χ3n) is 5.78. The summed E-state index contributed by atoms with van der Waals surface area (Å²) >= 11 is 6.00. The Balaban J connectivity index is 1.20. The van der Waals surface area contributed by atoms with Crippen molar-refractivity contribution in [3.8, 4) is 11.5 Å². The molecule has 4 rings (SSSR count). The molecule has 0 bridgehead atoms. The Morgan fingerprint density at radius 2 is 1.81 bits per heavy atom. The Labute approximate surface area is 194 Å². The van der Waals surface area contributed by atoms with Gasteiger partial charge in [0.2, 0.25) is 0 Å². The van der Waals surface area contributed by atoms with Crippen LogP contribution in [0.1, 0.15) is 24.8 Å². The van der Waals surface area contributed by atoms with Gasteiger partial charge in [-0.15, -0.1) is 0 Å². The van der Waals surface area contributed by atoms with Gasteiger partial charge in [-0.2, -0.15) is 0 Å². The number of nitrogens with zero attached hydrogens (tertiary/aromatic N) is 3. The van der Waals surface area contributed by atoms with Crippen LogP contribution in [-0.2, 0) is 13.1 Å². The fourth-order valence-corrected chi connectivity index (χ4v) is 4.07. The first kappa shape index (κ1) is 22.6. The van der Waals surface area contributed by atoms with E-state index in [4.69, 9.17) is 21.1 Å². The van der Waals surface area contributed by atoms with Gasteiger partial charge in [0.25, 0.3) is 0 Å². The highest BCUT2D eigenvalue weighted by Crippen LogP contribution is 2.26. The average Bonchev–Trinajstić information content (AvgIpc) is 3.31. The van der Waals surface area contributed by atoms with Crippen LogP contribution < -0.4 is 9.47 Å². The van der Waals surface area contributed by atoms with Gasteiger partial charge in [0.1, 0.15) is 23.7 Å². The molecule has 3 aromatic rings. The van der Waals surface area contributed by atoms with Crippen LogP contribution in [-0.4, -0.2) is 51.5 Å². The molecule has 7 heteroatoms. The van der Waals surface area contributed by atoms with Crippen LogP contribution in [0.2, 0.25) is 5.02 Å². The second-order valence-electron chi connectivity index (χ2n) is 8.40. The number of ether oxygens (including phenoxy) is 2. The van der Waals surface area contributed by atoms with E-state index in [1.807, 2.05) is 42.9 Å². The van der Waals surface area contributed by atoms with Crippen molar-refractivity contribution in [1.29, 1.82) is 0 Å². The van der Waals surface area contributed by atoms with E-state index in [1.165, 1.54) is 5.56 Å². The lowest BCUT2D eigenvalue weighted by Gasteiger charge is -2.38.